The number of nitrogens with zero attached hydrogens (tertiary/aromatic N) is 2. The molecule has 0 atom stereocenters. The van der Waals surface area contributed by atoms with E-state index in [2.05, 4.69) is 15.3 Å². The fourth-order valence-corrected chi connectivity index (χ4v) is 2.68. The number of imidazole rings is 1. The van der Waals surface area contributed by atoms with E-state index in [1.807, 2.05) is 30.3 Å². The number of anilines is 1. The van der Waals surface area contributed by atoms with Crippen LogP contribution in [0.2, 0.25) is 0 Å². The molecule has 0 saturated heterocycles. The highest BCUT2D eigenvalue weighted by molar-refractivity contribution is 7.99. The maximum atomic E-state index is 11.9. The van der Waals surface area contributed by atoms with Crippen LogP contribution in [0.5, 0.6) is 0 Å². The first kappa shape index (κ1) is 14.2. The number of hydrogen-bond donors (Lipinski definition) is 2. The number of H-pyrrole nitrogens is 1. The monoisotopic (exact) mass is 308 g/mol. The van der Waals surface area contributed by atoms with Crippen molar-refractivity contribution < 1.29 is 4.79 Å². The van der Waals surface area contributed by atoms with E-state index in [9.17, 15) is 4.79 Å². The van der Waals surface area contributed by atoms with E-state index in [1.165, 1.54) is 11.8 Å². The topological polar surface area (TPSA) is 81.6 Å². The summed E-state index contributed by atoms with van der Waals surface area (Å²) in [5, 5.41) is 12.3. The van der Waals surface area contributed by atoms with Gasteiger partial charge in [0, 0.05) is 5.69 Å². The minimum atomic E-state index is -0.138. The number of carbonyl (C=O) groups is 1. The molecule has 0 aliphatic rings. The summed E-state index contributed by atoms with van der Waals surface area (Å²) in [6.45, 7) is 0. The van der Waals surface area contributed by atoms with Crippen molar-refractivity contribution in [3.8, 4) is 6.07 Å². The molecule has 0 radical (unpaired) electrons. The van der Waals surface area contributed by atoms with Gasteiger partial charge in [-0.1, -0.05) is 30.0 Å². The Hall–Kier alpha value is -2.78. The molecule has 0 bridgehead atoms. The van der Waals surface area contributed by atoms with Crippen LogP contribution in [0.1, 0.15) is 5.56 Å². The van der Waals surface area contributed by atoms with E-state index in [4.69, 9.17) is 5.26 Å². The van der Waals surface area contributed by atoms with Gasteiger partial charge in [-0.2, -0.15) is 5.26 Å². The zero-order valence-corrected chi connectivity index (χ0v) is 12.4. The molecule has 0 spiro atoms. The van der Waals surface area contributed by atoms with Crippen molar-refractivity contribution in [1.82, 2.24) is 9.97 Å². The number of aromatic nitrogens is 2. The van der Waals surface area contributed by atoms with Crippen LogP contribution >= 0.6 is 11.8 Å². The Morgan fingerprint density at radius 3 is 2.95 bits per heavy atom. The number of para-hydroxylation sites is 2. The Bertz CT molecular complexity index is 833. The van der Waals surface area contributed by atoms with Gasteiger partial charge in [-0.15, -0.1) is 0 Å². The minimum Gasteiger partial charge on any atom is -0.333 e. The molecule has 0 saturated carbocycles. The zero-order valence-electron chi connectivity index (χ0n) is 11.5. The lowest BCUT2D eigenvalue weighted by Gasteiger charge is -2.04. The largest absolute Gasteiger partial charge is 0.333 e. The van der Waals surface area contributed by atoms with Crippen LogP contribution in [-0.2, 0) is 4.79 Å². The van der Waals surface area contributed by atoms with E-state index in [0.29, 0.717) is 16.4 Å². The molecule has 0 unspecified atom stereocenters. The Morgan fingerprint density at radius 1 is 1.27 bits per heavy atom. The van der Waals surface area contributed by atoms with Crippen molar-refractivity contribution in [3.05, 3.63) is 54.1 Å². The van der Waals surface area contributed by atoms with Gasteiger partial charge in [0.15, 0.2) is 5.16 Å². The molecule has 2 N–H and O–H groups in total. The molecule has 22 heavy (non-hydrogen) atoms. The van der Waals surface area contributed by atoms with Gasteiger partial charge in [-0.25, -0.2) is 4.98 Å². The van der Waals surface area contributed by atoms with Crippen LogP contribution < -0.4 is 5.32 Å². The molecule has 3 rings (SSSR count). The molecule has 5 nitrogen and oxygen atoms in total. The number of amides is 1. The average Bonchev–Trinajstić information content (AvgIpc) is 2.96. The van der Waals surface area contributed by atoms with Crippen molar-refractivity contribution in [1.29, 1.82) is 5.26 Å². The van der Waals surface area contributed by atoms with Gasteiger partial charge in [0.05, 0.1) is 28.4 Å². The van der Waals surface area contributed by atoms with Crippen LogP contribution in [0.4, 0.5) is 5.69 Å². The first-order chi connectivity index (χ1) is 10.7. The Labute approximate surface area is 131 Å². The number of hydrogen-bond acceptors (Lipinski definition) is 4. The van der Waals surface area contributed by atoms with E-state index in [-0.39, 0.29) is 11.7 Å². The number of nitriles is 1. The van der Waals surface area contributed by atoms with Crippen molar-refractivity contribution in [2.75, 3.05) is 11.1 Å². The molecule has 0 aliphatic heterocycles. The molecule has 1 amide bonds. The van der Waals surface area contributed by atoms with E-state index < -0.39 is 0 Å². The molecule has 2 aromatic carbocycles. The summed E-state index contributed by atoms with van der Waals surface area (Å²) in [6.07, 6.45) is 0. The number of rotatable bonds is 4. The molecule has 0 aliphatic carbocycles. The maximum Gasteiger partial charge on any atom is 0.234 e. The van der Waals surface area contributed by atoms with Crippen LogP contribution in [0, 0.1) is 11.3 Å². The summed E-state index contributed by atoms with van der Waals surface area (Å²) in [7, 11) is 0. The van der Waals surface area contributed by atoms with Crippen molar-refractivity contribution in [2.45, 2.75) is 5.16 Å². The normalized spacial score (nSPS) is 10.3. The lowest BCUT2D eigenvalue weighted by molar-refractivity contribution is -0.113. The van der Waals surface area contributed by atoms with Gasteiger partial charge in [0.2, 0.25) is 5.91 Å². The predicted molar refractivity (Wildman–Crippen MR) is 86.6 cm³/mol. The molecular formula is C16H12N4OS. The predicted octanol–water partition coefficient (Wildman–Crippen LogP) is 3.17. The molecule has 1 heterocycles. The molecule has 0 fully saturated rings. The Balaban J connectivity index is 1.61. The second-order valence-corrected chi connectivity index (χ2v) is 5.55. The summed E-state index contributed by atoms with van der Waals surface area (Å²) < 4.78 is 0. The van der Waals surface area contributed by atoms with Crippen molar-refractivity contribution in [2.24, 2.45) is 0 Å². The van der Waals surface area contributed by atoms with Gasteiger partial charge >= 0.3 is 0 Å². The van der Waals surface area contributed by atoms with Crippen LogP contribution in [0.25, 0.3) is 11.0 Å². The minimum absolute atomic E-state index is 0.138. The first-order valence-corrected chi connectivity index (χ1v) is 7.61. The molecule has 108 valence electrons. The van der Waals surface area contributed by atoms with Gasteiger partial charge < -0.3 is 10.3 Å². The SMILES string of the molecule is N#Cc1cccc(NC(=O)CSc2nc3ccccc3[nH]2)c1. The summed E-state index contributed by atoms with van der Waals surface area (Å²) in [5.74, 6) is 0.108. The number of nitrogens with one attached hydrogen (secondary N) is 2. The van der Waals surface area contributed by atoms with E-state index in [0.717, 1.165) is 11.0 Å². The average molecular weight is 308 g/mol. The second-order valence-electron chi connectivity index (χ2n) is 4.59. The highest BCUT2D eigenvalue weighted by Crippen LogP contribution is 2.19. The lowest BCUT2D eigenvalue weighted by Crippen LogP contribution is -2.14. The molecular weight excluding hydrogens is 296 g/mol. The molecule has 1 aromatic heterocycles. The van der Waals surface area contributed by atoms with E-state index in [1.54, 1.807) is 24.3 Å². The third-order valence-corrected chi connectivity index (χ3v) is 3.86. The smallest absolute Gasteiger partial charge is 0.234 e. The fourth-order valence-electron chi connectivity index (χ4n) is 2.00. The van der Waals surface area contributed by atoms with Gasteiger partial charge in [0.1, 0.15) is 0 Å². The highest BCUT2D eigenvalue weighted by atomic mass is 32.2. The Morgan fingerprint density at radius 2 is 2.14 bits per heavy atom. The first-order valence-electron chi connectivity index (χ1n) is 6.62. The maximum absolute atomic E-state index is 11.9. The third kappa shape index (κ3) is 3.27. The van der Waals surface area contributed by atoms with Gasteiger partial charge in [-0.05, 0) is 30.3 Å². The Kier molecular flexibility index (Phi) is 4.08. The van der Waals surface area contributed by atoms with Gasteiger partial charge in [0.25, 0.3) is 0 Å². The van der Waals surface area contributed by atoms with Crippen LogP contribution in [0.15, 0.2) is 53.7 Å². The van der Waals surface area contributed by atoms with Crippen LogP contribution in [-0.4, -0.2) is 21.6 Å². The fraction of sp³-hybridized carbons (Fsp3) is 0.0625. The lowest BCUT2D eigenvalue weighted by atomic mass is 10.2. The van der Waals surface area contributed by atoms with Crippen molar-refractivity contribution in [3.63, 3.8) is 0 Å². The number of thioether (sulfide) groups is 1. The highest BCUT2D eigenvalue weighted by Gasteiger charge is 2.07. The standard InChI is InChI=1S/C16H12N4OS/c17-9-11-4-3-5-12(8-11)18-15(21)10-22-16-19-13-6-1-2-7-14(13)20-16/h1-8H,10H2,(H,18,21)(H,19,20). The quantitative estimate of drug-likeness (QED) is 0.725. The zero-order chi connectivity index (χ0) is 15.4. The van der Waals surface area contributed by atoms with Crippen molar-refractivity contribution >= 4 is 34.4 Å². The molecule has 6 heteroatoms. The second kappa shape index (κ2) is 6.33. The number of aromatic amines is 1. The van der Waals surface area contributed by atoms with Crippen LogP contribution in [0.3, 0.4) is 0 Å². The summed E-state index contributed by atoms with van der Waals surface area (Å²) >= 11 is 1.34. The summed E-state index contributed by atoms with van der Waals surface area (Å²) in [6, 6.07) is 16.6. The number of carbonyl (C=O) groups excluding carboxylic acids is 1. The summed E-state index contributed by atoms with van der Waals surface area (Å²) in [5.41, 5.74) is 2.97. The summed E-state index contributed by atoms with van der Waals surface area (Å²) in [4.78, 5) is 19.5. The van der Waals surface area contributed by atoms with E-state index >= 15 is 0 Å². The number of benzene rings is 2. The third-order valence-electron chi connectivity index (χ3n) is 2.98. The van der Waals surface area contributed by atoms with Gasteiger partial charge in [-0.3, -0.25) is 4.79 Å². The number of fused-ring (bicyclic) bond motifs is 1. The molecule has 3 aromatic rings.